The van der Waals surface area contributed by atoms with Gasteiger partial charge in [0.2, 0.25) is 5.89 Å². The van der Waals surface area contributed by atoms with Crippen molar-refractivity contribution in [1.82, 2.24) is 34.5 Å². The predicted molar refractivity (Wildman–Crippen MR) is 107 cm³/mol. The third kappa shape index (κ3) is 2.71. The number of pyridine rings is 1. The van der Waals surface area contributed by atoms with Gasteiger partial charge in [0, 0.05) is 37.3 Å². The van der Waals surface area contributed by atoms with Crippen LogP contribution in [0.4, 0.5) is 5.82 Å². The quantitative estimate of drug-likeness (QED) is 0.484. The van der Waals surface area contributed by atoms with Crippen LogP contribution in [-0.4, -0.2) is 47.5 Å². The Morgan fingerprint density at radius 2 is 2.10 bits per heavy atom. The molecule has 1 aliphatic carbocycles. The van der Waals surface area contributed by atoms with Crippen molar-refractivity contribution in [2.75, 3.05) is 18.0 Å². The van der Waals surface area contributed by atoms with E-state index in [0.29, 0.717) is 39.6 Å². The summed E-state index contributed by atoms with van der Waals surface area (Å²) >= 11 is 6.08. The first-order chi connectivity index (χ1) is 14.6. The fourth-order valence-corrected chi connectivity index (χ4v) is 4.63. The number of halogens is 1. The Balaban J connectivity index is 1.17. The van der Waals surface area contributed by atoms with Gasteiger partial charge >= 0.3 is 0 Å². The van der Waals surface area contributed by atoms with Crippen molar-refractivity contribution in [3.8, 4) is 0 Å². The second kappa shape index (κ2) is 6.36. The molecule has 152 valence electrons. The minimum absolute atomic E-state index is 0.133. The zero-order valence-electron chi connectivity index (χ0n) is 16.0. The maximum atomic E-state index is 12.7. The highest BCUT2D eigenvalue weighted by Crippen LogP contribution is 2.57. The van der Waals surface area contributed by atoms with Crippen LogP contribution in [0.3, 0.4) is 0 Å². The molecular weight excluding hydrogens is 408 g/mol. The molecule has 2 fully saturated rings. The van der Waals surface area contributed by atoms with E-state index in [0.717, 1.165) is 18.9 Å². The molecule has 6 rings (SSSR count). The van der Waals surface area contributed by atoms with Crippen LogP contribution in [0.2, 0.25) is 5.02 Å². The average Bonchev–Trinajstić information content (AvgIpc) is 3.16. The molecule has 1 saturated heterocycles. The van der Waals surface area contributed by atoms with Gasteiger partial charge in [0.1, 0.15) is 23.4 Å². The Morgan fingerprint density at radius 1 is 1.27 bits per heavy atom. The molecule has 2 atom stereocenters. The molecule has 10 nitrogen and oxygen atoms in total. The minimum atomic E-state index is -0.236. The number of fused-ring (bicyclic) bond motifs is 2. The summed E-state index contributed by atoms with van der Waals surface area (Å²) in [6, 6.07) is 3.66. The van der Waals surface area contributed by atoms with E-state index in [1.165, 1.54) is 4.68 Å². The lowest BCUT2D eigenvalue weighted by Gasteiger charge is -2.20. The fraction of sp³-hybridized carbons (Fsp3) is 0.368. The molecule has 0 radical (unpaired) electrons. The number of nitrogens with zero attached hydrogens (tertiary/aromatic N) is 8. The van der Waals surface area contributed by atoms with Crippen molar-refractivity contribution < 1.29 is 4.52 Å². The molecule has 1 aliphatic heterocycles. The van der Waals surface area contributed by atoms with Gasteiger partial charge in [-0.05, 0) is 24.0 Å². The second-order valence-corrected chi connectivity index (χ2v) is 8.27. The standard InChI is InChI=1S/C19H17ClN8O2/c1-26-9-22-13-5-23-28(19(29)17(13)26)8-15-24-18(25-30-15)16-11-6-27(7-12(11)16)14-4-10(20)2-3-21-14/h2-5,9,11-12,16H,6-8H2,1H3. The molecular formula is C19H17ClN8O2. The minimum Gasteiger partial charge on any atom is -0.356 e. The summed E-state index contributed by atoms with van der Waals surface area (Å²) in [4.78, 5) is 28.0. The van der Waals surface area contributed by atoms with Crippen LogP contribution >= 0.6 is 11.6 Å². The number of hydrogen-bond donors (Lipinski definition) is 0. The van der Waals surface area contributed by atoms with Gasteiger partial charge in [-0.2, -0.15) is 10.1 Å². The summed E-state index contributed by atoms with van der Waals surface area (Å²) < 4.78 is 8.42. The Bertz CT molecular complexity index is 1320. The third-order valence-electron chi connectivity index (χ3n) is 6.01. The van der Waals surface area contributed by atoms with E-state index in [1.54, 1.807) is 36.4 Å². The molecule has 2 unspecified atom stereocenters. The number of aromatic nitrogens is 7. The molecule has 0 spiro atoms. The summed E-state index contributed by atoms with van der Waals surface area (Å²) in [5.41, 5.74) is 0.825. The van der Waals surface area contributed by atoms with Gasteiger partial charge in [-0.15, -0.1) is 0 Å². The lowest BCUT2D eigenvalue weighted by atomic mass is 10.2. The highest BCUT2D eigenvalue weighted by molar-refractivity contribution is 6.30. The molecule has 0 aromatic carbocycles. The number of imidazole rings is 1. The average molecular weight is 425 g/mol. The highest BCUT2D eigenvalue weighted by atomic mass is 35.5. The number of aryl methyl sites for hydroxylation is 1. The van der Waals surface area contributed by atoms with E-state index in [9.17, 15) is 4.79 Å². The largest absolute Gasteiger partial charge is 0.356 e. The molecule has 0 amide bonds. The Hall–Kier alpha value is -3.27. The van der Waals surface area contributed by atoms with Gasteiger partial charge in [-0.25, -0.2) is 14.6 Å². The Kier molecular flexibility index (Phi) is 3.73. The molecule has 30 heavy (non-hydrogen) atoms. The second-order valence-electron chi connectivity index (χ2n) is 7.83. The van der Waals surface area contributed by atoms with Crippen LogP contribution in [0.15, 0.2) is 40.2 Å². The van der Waals surface area contributed by atoms with Crippen molar-refractivity contribution in [3.05, 3.63) is 57.9 Å². The predicted octanol–water partition coefficient (Wildman–Crippen LogP) is 1.46. The summed E-state index contributed by atoms with van der Waals surface area (Å²) in [6.45, 7) is 1.92. The van der Waals surface area contributed by atoms with Gasteiger partial charge in [-0.3, -0.25) is 4.79 Å². The summed E-state index contributed by atoms with van der Waals surface area (Å²) in [5.74, 6) is 3.21. The lowest BCUT2D eigenvalue weighted by Crippen LogP contribution is -2.25. The molecule has 0 bridgehead atoms. The maximum absolute atomic E-state index is 12.7. The first-order valence-electron chi connectivity index (χ1n) is 9.64. The van der Waals surface area contributed by atoms with Crippen molar-refractivity contribution in [3.63, 3.8) is 0 Å². The van der Waals surface area contributed by atoms with E-state index in [4.69, 9.17) is 16.1 Å². The van der Waals surface area contributed by atoms with E-state index in [-0.39, 0.29) is 18.0 Å². The van der Waals surface area contributed by atoms with E-state index in [2.05, 4.69) is 30.1 Å². The van der Waals surface area contributed by atoms with Gasteiger partial charge in [0.15, 0.2) is 5.82 Å². The van der Waals surface area contributed by atoms with E-state index >= 15 is 0 Å². The number of hydrogen-bond acceptors (Lipinski definition) is 8. The third-order valence-corrected chi connectivity index (χ3v) is 6.25. The van der Waals surface area contributed by atoms with Gasteiger partial charge in [0.25, 0.3) is 5.56 Å². The SMILES string of the molecule is Cn1cnc2cnn(Cc3nc(C4C5CN(c6cc(Cl)ccn6)CC54)no3)c(=O)c21. The Labute approximate surface area is 175 Å². The molecule has 1 saturated carbocycles. The van der Waals surface area contributed by atoms with Crippen LogP contribution in [0.1, 0.15) is 17.6 Å². The molecule has 2 aliphatic rings. The van der Waals surface area contributed by atoms with Crippen LogP contribution in [0.5, 0.6) is 0 Å². The fourth-order valence-electron chi connectivity index (χ4n) is 4.47. The molecule has 11 heteroatoms. The first kappa shape index (κ1) is 17.6. The summed E-state index contributed by atoms with van der Waals surface area (Å²) in [5, 5.41) is 9.02. The van der Waals surface area contributed by atoms with Crippen LogP contribution in [0.25, 0.3) is 11.0 Å². The van der Waals surface area contributed by atoms with Gasteiger partial charge in [-0.1, -0.05) is 16.8 Å². The maximum Gasteiger partial charge on any atom is 0.293 e. The molecule has 4 aromatic heterocycles. The van der Waals surface area contributed by atoms with Gasteiger partial charge in [0.05, 0.1) is 12.5 Å². The van der Waals surface area contributed by atoms with Crippen LogP contribution in [0, 0.1) is 11.8 Å². The lowest BCUT2D eigenvalue weighted by molar-refractivity contribution is 0.358. The Morgan fingerprint density at radius 3 is 2.90 bits per heavy atom. The molecule has 5 heterocycles. The monoisotopic (exact) mass is 424 g/mol. The normalized spacial score (nSPS) is 22.6. The van der Waals surface area contributed by atoms with E-state index in [1.807, 2.05) is 6.07 Å². The topological polar surface area (TPSA) is 108 Å². The number of piperidine rings is 1. The zero-order valence-corrected chi connectivity index (χ0v) is 16.8. The summed E-state index contributed by atoms with van der Waals surface area (Å²) in [6.07, 6.45) is 4.89. The smallest absolute Gasteiger partial charge is 0.293 e. The summed E-state index contributed by atoms with van der Waals surface area (Å²) in [7, 11) is 1.78. The highest BCUT2D eigenvalue weighted by Gasteiger charge is 2.58. The number of anilines is 1. The molecule has 0 N–H and O–H groups in total. The van der Waals surface area contributed by atoms with Crippen molar-refractivity contribution in [2.45, 2.75) is 12.5 Å². The van der Waals surface area contributed by atoms with Crippen molar-refractivity contribution >= 4 is 28.5 Å². The van der Waals surface area contributed by atoms with Gasteiger partial charge < -0.3 is 14.0 Å². The van der Waals surface area contributed by atoms with Crippen LogP contribution in [-0.2, 0) is 13.6 Å². The first-order valence-corrected chi connectivity index (χ1v) is 10.0. The van der Waals surface area contributed by atoms with E-state index < -0.39 is 0 Å². The number of rotatable bonds is 4. The van der Waals surface area contributed by atoms with Crippen molar-refractivity contribution in [2.24, 2.45) is 18.9 Å². The van der Waals surface area contributed by atoms with Crippen LogP contribution < -0.4 is 10.5 Å². The molecule has 4 aromatic rings. The zero-order chi connectivity index (χ0) is 20.4. The van der Waals surface area contributed by atoms with Crippen molar-refractivity contribution in [1.29, 1.82) is 0 Å².